The van der Waals surface area contributed by atoms with Gasteiger partial charge in [-0.1, -0.05) is 37.6 Å². The summed E-state index contributed by atoms with van der Waals surface area (Å²) in [5.74, 6) is 1.12. The van der Waals surface area contributed by atoms with Gasteiger partial charge in [-0.2, -0.15) is 4.98 Å². The molecule has 0 saturated carbocycles. The Hall–Kier alpha value is -2.60. The number of carbonyl (C=O) groups excluding carboxylic acids is 1. The Bertz CT molecular complexity index is 893. The lowest BCUT2D eigenvalue weighted by atomic mass is 10.0. The number of likely N-dealkylation sites (tertiary alicyclic amines) is 1. The summed E-state index contributed by atoms with van der Waals surface area (Å²) < 4.78 is 5.80. The molecule has 2 aromatic rings. The van der Waals surface area contributed by atoms with Crippen LogP contribution in [0.5, 0.6) is 5.88 Å². The second kappa shape index (κ2) is 9.47. The first-order valence-electron chi connectivity index (χ1n) is 11.1. The maximum atomic E-state index is 12.4. The van der Waals surface area contributed by atoms with Crippen LogP contribution in [-0.4, -0.2) is 41.9 Å². The van der Waals surface area contributed by atoms with Crippen LogP contribution >= 0.6 is 0 Å². The number of nitrogens with zero attached hydrogens (tertiary/aromatic N) is 3. The number of rotatable bonds is 8. The zero-order valence-corrected chi connectivity index (χ0v) is 17.9. The maximum Gasteiger partial charge on any atom is 0.217 e. The van der Waals surface area contributed by atoms with Crippen molar-refractivity contribution in [3.8, 4) is 5.88 Å². The number of nitrogens with two attached hydrogens (primary N) is 1. The number of fused-ring (bicyclic) bond motifs is 1. The molecule has 4 rings (SSSR count). The minimum atomic E-state index is 0.170. The molecule has 0 atom stereocenters. The van der Waals surface area contributed by atoms with Gasteiger partial charge in [0.1, 0.15) is 5.82 Å². The van der Waals surface area contributed by atoms with Gasteiger partial charge in [-0.3, -0.25) is 9.69 Å². The van der Waals surface area contributed by atoms with E-state index in [1.165, 1.54) is 37.1 Å². The van der Waals surface area contributed by atoms with Gasteiger partial charge in [0.05, 0.1) is 18.8 Å². The van der Waals surface area contributed by atoms with Gasteiger partial charge in [0, 0.05) is 31.1 Å². The van der Waals surface area contributed by atoms with Crippen LogP contribution in [0.2, 0.25) is 0 Å². The van der Waals surface area contributed by atoms with Crippen molar-refractivity contribution >= 4 is 17.3 Å². The van der Waals surface area contributed by atoms with Crippen molar-refractivity contribution in [3.05, 3.63) is 47.0 Å². The molecule has 3 heterocycles. The summed E-state index contributed by atoms with van der Waals surface area (Å²) >= 11 is 0. The van der Waals surface area contributed by atoms with Gasteiger partial charge in [0.2, 0.25) is 5.88 Å². The fourth-order valence-electron chi connectivity index (χ4n) is 4.35. The van der Waals surface area contributed by atoms with Gasteiger partial charge >= 0.3 is 0 Å². The number of carbonyl (C=O) groups is 1. The SMILES string of the molecule is CCCCOc1cc2c(c(N)n1)CC(=O)CN2Cc1cccc(CN2CCCC2)c1. The van der Waals surface area contributed by atoms with E-state index in [1.54, 1.807) is 0 Å². The van der Waals surface area contributed by atoms with Gasteiger partial charge in [-0.25, -0.2) is 0 Å². The number of anilines is 2. The minimum Gasteiger partial charge on any atom is -0.478 e. The van der Waals surface area contributed by atoms with E-state index in [9.17, 15) is 4.79 Å². The molecule has 0 aliphatic carbocycles. The zero-order valence-electron chi connectivity index (χ0n) is 17.9. The highest BCUT2D eigenvalue weighted by Crippen LogP contribution is 2.33. The second-order valence-electron chi connectivity index (χ2n) is 8.42. The topological polar surface area (TPSA) is 71.7 Å². The lowest BCUT2D eigenvalue weighted by Gasteiger charge is -2.31. The third kappa shape index (κ3) is 4.93. The number of ether oxygens (including phenoxy) is 1. The molecule has 30 heavy (non-hydrogen) atoms. The van der Waals surface area contributed by atoms with E-state index in [0.717, 1.165) is 30.6 Å². The molecule has 0 spiro atoms. The average molecular weight is 409 g/mol. The highest BCUT2D eigenvalue weighted by molar-refractivity contribution is 5.92. The fourth-order valence-corrected chi connectivity index (χ4v) is 4.35. The van der Waals surface area contributed by atoms with E-state index in [-0.39, 0.29) is 5.78 Å². The third-order valence-corrected chi connectivity index (χ3v) is 5.91. The molecule has 0 unspecified atom stereocenters. The lowest BCUT2D eigenvalue weighted by Crippen LogP contribution is -2.36. The number of ketones is 1. The molecule has 160 valence electrons. The quantitative estimate of drug-likeness (QED) is 0.674. The summed E-state index contributed by atoms with van der Waals surface area (Å²) in [5.41, 5.74) is 10.5. The summed E-state index contributed by atoms with van der Waals surface area (Å²) in [7, 11) is 0. The molecular weight excluding hydrogens is 376 g/mol. The molecule has 2 aliphatic heterocycles. The van der Waals surface area contributed by atoms with Crippen LogP contribution in [0.25, 0.3) is 0 Å². The summed E-state index contributed by atoms with van der Waals surface area (Å²) in [6, 6.07) is 10.7. The standard InChI is InChI=1S/C24H32N4O2/c1-2-3-11-30-23-14-22-21(24(25)26-23)13-20(29)17-28(22)16-19-8-6-7-18(12-19)15-27-9-4-5-10-27/h6-8,12,14H,2-5,9-11,13,15-17H2,1H3,(H2,25,26). The number of hydrogen-bond donors (Lipinski definition) is 1. The Balaban J connectivity index is 1.54. The van der Waals surface area contributed by atoms with Crippen LogP contribution in [0.3, 0.4) is 0 Å². The minimum absolute atomic E-state index is 0.170. The molecule has 1 aromatic carbocycles. The van der Waals surface area contributed by atoms with E-state index in [2.05, 4.69) is 46.0 Å². The molecule has 0 amide bonds. The molecule has 0 radical (unpaired) electrons. The molecular formula is C24H32N4O2. The largest absolute Gasteiger partial charge is 0.478 e. The predicted octanol–water partition coefficient (Wildman–Crippen LogP) is 3.57. The number of unbranched alkanes of at least 4 members (excludes halogenated alkanes) is 1. The van der Waals surface area contributed by atoms with Crippen molar-refractivity contribution in [2.45, 2.75) is 52.1 Å². The highest BCUT2D eigenvalue weighted by Gasteiger charge is 2.26. The van der Waals surface area contributed by atoms with Gasteiger partial charge in [0.25, 0.3) is 0 Å². The van der Waals surface area contributed by atoms with Crippen molar-refractivity contribution in [2.75, 3.05) is 36.9 Å². The molecule has 2 aliphatic rings. The van der Waals surface area contributed by atoms with Crippen molar-refractivity contribution < 1.29 is 9.53 Å². The Morgan fingerprint density at radius 2 is 1.90 bits per heavy atom. The number of aromatic nitrogens is 1. The molecule has 1 aromatic heterocycles. The second-order valence-corrected chi connectivity index (χ2v) is 8.42. The molecule has 6 heteroatoms. The van der Waals surface area contributed by atoms with Gasteiger partial charge in [0.15, 0.2) is 5.78 Å². The molecule has 2 N–H and O–H groups in total. The highest BCUT2D eigenvalue weighted by atomic mass is 16.5. The van der Waals surface area contributed by atoms with Crippen molar-refractivity contribution in [2.24, 2.45) is 0 Å². The number of hydrogen-bond acceptors (Lipinski definition) is 6. The summed E-state index contributed by atoms with van der Waals surface area (Å²) in [6.07, 6.45) is 4.98. The van der Waals surface area contributed by atoms with Gasteiger partial charge < -0.3 is 15.4 Å². The van der Waals surface area contributed by atoms with Crippen LogP contribution in [0.1, 0.15) is 49.3 Å². The summed E-state index contributed by atoms with van der Waals surface area (Å²) in [5, 5.41) is 0. The fraction of sp³-hybridized carbons (Fsp3) is 0.500. The first kappa shape index (κ1) is 20.7. The Labute approximate surface area is 179 Å². The van der Waals surface area contributed by atoms with Crippen molar-refractivity contribution in [1.29, 1.82) is 0 Å². The molecule has 1 saturated heterocycles. The maximum absolute atomic E-state index is 12.4. The summed E-state index contributed by atoms with van der Waals surface area (Å²) in [6.45, 7) is 7.18. The number of Topliss-reactive ketones (excluding diaryl/α,β-unsaturated/α-hetero) is 1. The van der Waals surface area contributed by atoms with Crippen molar-refractivity contribution in [1.82, 2.24) is 9.88 Å². The number of pyridine rings is 1. The van der Waals surface area contributed by atoms with E-state index < -0.39 is 0 Å². The first-order chi connectivity index (χ1) is 14.6. The van der Waals surface area contributed by atoms with E-state index >= 15 is 0 Å². The number of benzene rings is 1. The average Bonchev–Trinajstić information content (AvgIpc) is 3.22. The van der Waals surface area contributed by atoms with Gasteiger partial charge in [-0.15, -0.1) is 0 Å². The van der Waals surface area contributed by atoms with E-state index in [0.29, 0.717) is 37.8 Å². The zero-order chi connectivity index (χ0) is 20.9. The Morgan fingerprint density at radius 1 is 1.13 bits per heavy atom. The van der Waals surface area contributed by atoms with Crippen LogP contribution in [-0.2, 0) is 24.3 Å². The van der Waals surface area contributed by atoms with E-state index in [4.69, 9.17) is 10.5 Å². The molecule has 0 bridgehead atoms. The van der Waals surface area contributed by atoms with Crippen LogP contribution in [0.15, 0.2) is 30.3 Å². The van der Waals surface area contributed by atoms with E-state index in [1.807, 2.05) is 6.07 Å². The molecule has 1 fully saturated rings. The van der Waals surface area contributed by atoms with Crippen LogP contribution < -0.4 is 15.4 Å². The van der Waals surface area contributed by atoms with Crippen LogP contribution in [0, 0.1) is 0 Å². The lowest BCUT2D eigenvalue weighted by molar-refractivity contribution is -0.117. The van der Waals surface area contributed by atoms with Gasteiger partial charge in [-0.05, 0) is 43.5 Å². The third-order valence-electron chi connectivity index (χ3n) is 5.91. The Morgan fingerprint density at radius 3 is 2.67 bits per heavy atom. The number of nitrogen functional groups attached to an aromatic ring is 1. The molecule has 6 nitrogen and oxygen atoms in total. The Kier molecular flexibility index (Phi) is 6.53. The predicted molar refractivity (Wildman–Crippen MR) is 120 cm³/mol. The monoisotopic (exact) mass is 408 g/mol. The van der Waals surface area contributed by atoms with Crippen molar-refractivity contribution in [3.63, 3.8) is 0 Å². The summed E-state index contributed by atoms with van der Waals surface area (Å²) in [4.78, 5) is 21.4. The van der Waals surface area contributed by atoms with Crippen LogP contribution in [0.4, 0.5) is 11.5 Å². The normalized spacial score (nSPS) is 16.7. The first-order valence-corrected chi connectivity index (χ1v) is 11.1. The smallest absolute Gasteiger partial charge is 0.217 e.